The molecule has 0 amide bonds. The highest BCUT2D eigenvalue weighted by Gasteiger charge is 2.15. The van der Waals surface area contributed by atoms with Gasteiger partial charge in [0, 0.05) is 6.07 Å². The number of nitro benzene ring substituents is 1. The van der Waals surface area contributed by atoms with Crippen LogP contribution in [0.5, 0.6) is 5.75 Å². The van der Waals surface area contributed by atoms with Crippen LogP contribution in [0.4, 0.5) is 5.69 Å². The number of aliphatic hydroxyl groups is 1. The van der Waals surface area contributed by atoms with Crippen LogP contribution in [-0.4, -0.2) is 10.0 Å². The fourth-order valence-corrected chi connectivity index (χ4v) is 2.18. The third kappa shape index (κ3) is 3.34. The van der Waals surface area contributed by atoms with E-state index in [1.807, 2.05) is 12.1 Å². The summed E-state index contributed by atoms with van der Waals surface area (Å²) in [7, 11) is 0. The van der Waals surface area contributed by atoms with Crippen LogP contribution in [0.3, 0.4) is 0 Å². The number of nitro groups is 1. The molecule has 104 valence electrons. The lowest BCUT2D eigenvalue weighted by molar-refractivity contribution is -0.385. The molecule has 2 rings (SSSR count). The molecular formula is C14H12BrNO4. The molecule has 0 fully saturated rings. The van der Waals surface area contributed by atoms with Gasteiger partial charge < -0.3 is 9.84 Å². The highest BCUT2D eigenvalue weighted by atomic mass is 79.9. The molecule has 0 unspecified atom stereocenters. The van der Waals surface area contributed by atoms with E-state index in [1.54, 1.807) is 24.3 Å². The first-order valence-corrected chi connectivity index (χ1v) is 6.65. The van der Waals surface area contributed by atoms with Crippen LogP contribution >= 0.6 is 15.9 Å². The summed E-state index contributed by atoms with van der Waals surface area (Å²) in [5, 5.41) is 19.8. The van der Waals surface area contributed by atoms with E-state index in [-0.39, 0.29) is 12.3 Å². The Morgan fingerprint density at radius 1 is 1.15 bits per heavy atom. The zero-order valence-electron chi connectivity index (χ0n) is 10.5. The van der Waals surface area contributed by atoms with Crippen molar-refractivity contribution < 1.29 is 14.8 Å². The molecule has 0 aliphatic heterocycles. The molecule has 5 nitrogen and oxygen atoms in total. The van der Waals surface area contributed by atoms with Crippen LogP contribution in [0, 0.1) is 10.1 Å². The van der Waals surface area contributed by atoms with Crippen LogP contribution in [0.1, 0.15) is 11.1 Å². The summed E-state index contributed by atoms with van der Waals surface area (Å²) in [4.78, 5) is 10.3. The molecule has 0 aromatic heterocycles. The first-order chi connectivity index (χ1) is 9.61. The monoisotopic (exact) mass is 337 g/mol. The quantitative estimate of drug-likeness (QED) is 0.670. The van der Waals surface area contributed by atoms with Crippen molar-refractivity contribution >= 4 is 21.6 Å². The Bertz CT molecular complexity index is 613. The molecule has 0 aliphatic rings. The smallest absolute Gasteiger partial charge is 0.287 e. The van der Waals surface area contributed by atoms with Crippen LogP contribution in [0.15, 0.2) is 46.9 Å². The maximum atomic E-state index is 10.8. The van der Waals surface area contributed by atoms with E-state index in [0.29, 0.717) is 16.8 Å². The van der Waals surface area contributed by atoms with E-state index < -0.39 is 4.92 Å². The van der Waals surface area contributed by atoms with Gasteiger partial charge in [-0.3, -0.25) is 10.1 Å². The number of benzene rings is 2. The van der Waals surface area contributed by atoms with Gasteiger partial charge in [0.2, 0.25) is 0 Å². The molecule has 2 aromatic rings. The second-order valence-corrected chi connectivity index (χ2v) is 4.90. The Kier molecular flexibility index (Phi) is 4.70. The lowest BCUT2D eigenvalue weighted by atomic mass is 10.1. The van der Waals surface area contributed by atoms with Gasteiger partial charge in [-0.15, -0.1) is 0 Å². The van der Waals surface area contributed by atoms with Crippen LogP contribution in [0.2, 0.25) is 0 Å². The summed E-state index contributed by atoms with van der Waals surface area (Å²) < 4.78 is 5.90. The summed E-state index contributed by atoms with van der Waals surface area (Å²) in [6.45, 7) is 0.295. The Labute approximate surface area is 124 Å². The Morgan fingerprint density at radius 3 is 2.40 bits per heavy atom. The summed E-state index contributed by atoms with van der Waals surface area (Å²) in [5.41, 5.74) is 1.71. The van der Waals surface area contributed by atoms with Gasteiger partial charge in [0.05, 0.1) is 11.5 Å². The Morgan fingerprint density at radius 2 is 1.80 bits per heavy atom. The molecule has 0 spiro atoms. The summed E-state index contributed by atoms with van der Waals surface area (Å²) in [5.74, 6) is 0.422. The van der Waals surface area contributed by atoms with Crippen molar-refractivity contribution in [3.8, 4) is 5.75 Å². The maximum absolute atomic E-state index is 10.8. The summed E-state index contributed by atoms with van der Waals surface area (Å²) in [6, 6.07) is 12.0. The minimum Gasteiger partial charge on any atom is -0.487 e. The molecule has 6 heteroatoms. The van der Waals surface area contributed by atoms with Gasteiger partial charge in [-0.25, -0.2) is 0 Å². The Balaban J connectivity index is 2.10. The summed E-state index contributed by atoms with van der Waals surface area (Å²) in [6.07, 6.45) is 0. The molecule has 2 aromatic carbocycles. The highest BCUT2D eigenvalue weighted by molar-refractivity contribution is 9.10. The zero-order valence-corrected chi connectivity index (χ0v) is 12.0. The zero-order chi connectivity index (χ0) is 14.5. The minimum absolute atomic E-state index is 0.00242. The second-order valence-electron chi connectivity index (χ2n) is 4.11. The fourth-order valence-electron chi connectivity index (χ4n) is 1.65. The number of nitrogens with zero attached hydrogens (tertiary/aromatic N) is 1. The van der Waals surface area contributed by atoms with E-state index in [9.17, 15) is 10.1 Å². The van der Waals surface area contributed by atoms with E-state index in [0.717, 1.165) is 11.1 Å². The van der Waals surface area contributed by atoms with Crippen molar-refractivity contribution in [1.82, 2.24) is 0 Å². The van der Waals surface area contributed by atoms with Gasteiger partial charge in [-0.2, -0.15) is 0 Å². The number of hydrogen-bond acceptors (Lipinski definition) is 4. The van der Waals surface area contributed by atoms with Crippen molar-refractivity contribution in [3.05, 3.63) is 68.2 Å². The number of hydrogen-bond donors (Lipinski definition) is 1. The summed E-state index contributed by atoms with van der Waals surface area (Å²) >= 11 is 3.18. The van der Waals surface area contributed by atoms with Crippen LogP contribution in [-0.2, 0) is 13.2 Å². The number of aliphatic hydroxyl groups excluding tert-OH is 1. The van der Waals surface area contributed by atoms with Crippen molar-refractivity contribution in [2.45, 2.75) is 13.2 Å². The Hall–Kier alpha value is -1.92. The van der Waals surface area contributed by atoms with Gasteiger partial charge in [0.1, 0.15) is 16.8 Å². The van der Waals surface area contributed by atoms with Gasteiger partial charge in [-0.1, -0.05) is 30.3 Å². The third-order valence-electron chi connectivity index (χ3n) is 2.74. The predicted molar refractivity (Wildman–Crippen MR) is 77.5 cm³/mol. The van der Waals surface area contributed by atoms with Gasteiger partial charge in [-0.05, 0) is 33.1 Å². The van der Waals surface area contributed by atoms with Gasteiger partial charge in [0.25, 0.3) is 5.69 Å². The lowest BCUT2D eigenvalue weighted by Gasteiger charge is -2.08. The van der Waals surface area contributed by atoms with E-state index in [1.165, 1.54) is 6.07 Å². The molecular weight excluding hydrogens is 326 g/mol. The number of rotatable bonds is 5. The molecule has 0 bridgehead atoms. The van der Waals surface area contributed by atoms with Crippen LogP contribution < -0.4 is 4.74 Å². The molecule has 0 heterocycles. The SMILES string of the molecule is O=[N+]([O-])c1cccc(OCc2ccc(CO)cc2)c1Br. The van der Waals surface area contributed by atoms with Crippen molar-refractivity contribution in [2.24, 2.45) is 0 Å². The second kappa shape index (κ2) is 6.49. The first kappa shape index (κ1) is 14.5. The normalized spacial score (nSPS) is 10.3. The molecule has 0 radical (unpaired) electrons. The third-order valence-corrected chi connectivity index (χ3v) is 3.54. The predicted octanol–water partition coefficient (Wildman–Crippen LogP) is 3.43. The molecule has 0 saturated carbocycles. The van der Waals surface area contributed by atoms with Gasteiger partial charge >= 0.3 is 0 Å². The maximum Gasteiger partial charge on any atom is 0.287 e. The highest BCUT2D eigenvalue weighted by Crippen LogP contribution is 2.34. The van der Waals surface area contributed by atoms with E-state index in [2.05, 4.69) is 15.9 Å². The average molecular weight is 338 g/mol. The number of ether oxygens (including phenoxy) is 1. The lowest BCUT2D eigenvalue weighted by Crippen LogP contribution is -1.98. The molecule has 0 aliphatic carbocycles. The van der Waals surface area contributed by atoms with Crippen molar-refractivity contribution in [1.29, 1.82) is 0 Å². The van der Waals surface area contributed by atoms with E-state index >= 15 is 0 Å². The minimum atomic E-state index is -0.465. The number of halogens is 1. The van der Waals surface area contributed by atoms with E-state index in [4.69, 9.17) is 9.84 Å². The fraction of sp³-hybridized carbons (Fsp3) is 0.143. The molecule has 0 saturated heterocycles. The largest absolute Gasteiger partial charge is 0.487 e. The standard InChI is InChI=1S/C14H12BrNO4/c15-14-12(16(18)19)2-1-3-13(14)20-9-11-6-4-10(8-17)5-7-11/h1-7,17H,8-9H2. The molecule has 1 N–H and O–H groups in total. The molecule has 0 atom stereocenters. The first-order valence-electron chi connectivity index (χ1n) is 5.86. The van der Waals surface area contributed by atoms with Crippen molar-refractivity contribution in [2.75, 3.05) is 0 Å². The average Bonchev–Trinajstić information content (AvgIpc) is 2.46. The van der Waals surface area contributed by atoms with Gasteiger partial charge in [0.15, 0.2) is 0 Å². The molecule has 20 heavy (non-hydrogen) atoms. The van der Waals surface area contributed by atoms with Crippen molar-refractivity contribution in [3.63, 3.8) is 0 Å². The van der Waals surface area contributed by atoms with Crippen LogP contribution in [0.25, 0.3) is 0 Å². The topological polar surface area (TPSA) is 72.6 Å².